The number of nitrogens with zero attached hydrogens (tertiary/aromatic N) is 2. The zero-order valence-corrected chi connectivity index (χ0v) is 14.7. The second-order valence-electron chi connectivity index (χ2n) is 6.42. The van der Waals surface area contributed by atoms with E-state index in [2.05, 4.69) is 9.89 Å². The maximum atomic E-state index is 12.3. The Kier molecular flexibility index (Phi) is 5.36. The van der Waals surface area contributed by atoms with Crippen LogP contribution in [-0.4, -0.2) is 69.8 Å². The average Bonchev–Trinajstić information content (AvgIpc) is 2.71. The highest BCUT2D eigenvalue weighted by molar-refractivity contribution is 5.96. The lowest BCUT2D eigenvalue weighted by Crippen LogP contribution is -2.35. The molecule has 0 saturated carbocycles. The van der Waals surface area contributed by atoms with E-state index in [0.29, 0.717) is 44.7 Å². The molecule has 0 aliphatic carbocycles. The van der Waals surface area contributed by atoms with Crippen LogP contribution in [0.25, 0.3) is 5.70 Å². The Hall–Kier alpha value is -2.12. The number of halogens is 1. The van der Waals surface area contributed by atoms with Crippen molar-refractivity contribution >= 4 is 11.6 Å². The van der Waals surface area contributed by atoms with Gasteiger partial charge in [-0.25, -0.2) is 9.38 Å². The van der Waals surface area contributed by atoms with Crippen molar-refractivity contribution in [2.45, 2.75) is 12.5 Å². The third-order valence-electron chi connectivity index (χ3n) is 4.65. The van der Waals surface area contributed by atoms with E-state index in [1.165, 1.54) is 5.56 Å². The zero-order valence-electron chi connectivity index (χ0n) is 14.7. The van der Waals surface area contributed by atoms with E-state index in [4.69, 9.17) is 18.9 Å². The molecule has 3 heterocycles. The van der Waals surface area contributed by atoms with Crippen molar-refractivity contribution in [3.8, 4) is 5.75 Å². The Morgan fingerprint density at radius 2 is 2.23 bits per heavy atom. The number of ether oxygens (including phenoxy) is 4. The predicted octanol–water partition coefficient (Wildman–Crippen LogP) is 2.04. The van der Waals surface area contributed by atoms with Gasteiger partial charge in [0.25, 0.3) is 0 Å². The summed E-state index contributed by atoms with van der Waals surface area (Å²) >= 11 is 0. The highest BCUT2D eigenvalue weighted by atomic mass is 19.1. The molecule has 6 nitrogen and oxygen atoms in total. The number of rotatable bonds is 5. The normalized spacial score (nSPS) is 22.0. The molecule has 7 heteroatoms. The molecule has 3 aliphatic rings. The minimum Gasteiger partial charge on any atom is -0.491 e. The van der Waals surface area contributed by atoms with E-state index in [1.54, 1.807) is 0 Å². The second kappa shape index (κ2) is 8.05. The largest absolute Gasteiger partial charge is 0.491 e. The van der Waals surface area contributed by atoms with Crippen LogP contribution in [-0.2, 0) is 20.6 Å². The molecule has 0 aromatic heterocycles. The number of hydrogen-bond acceptors (Lipinski definition) is 6. The van der Waals surface area contributed by atoms with Crippen molar-refractivity contribution in [3.63, 3.8) is 0 Å². The van der Waals surface area contributed by atoms with Gasteiger partial charge in [-0.3, -0.25) is 0 Å². The van der Waals surface area contributed by atoms with Crippen molar-refractivity contribution in [1.29, 1.82) is 0 Å². The van der Waals surface area contributed by atoms with Crippen molar-refractivity contribution in [1.82, 2.24) is 4.90 Å². The van der Waals surface area contributed by atoms with Crippen molar-refractivity contribution < 1.29 is 23.3 Å². The van der Waals surface area contributed by atoms with Crippen molar-refractivity contribution in [2.75, 3.05) is 52.9 Å². The van der Waals surface area contributed by atoms with Gasteiger partial charge < -0.3 is 23.8 Å². The first-order valence-electron chi connectivity index (χ1n) is 8.99. The highest BCUT2D eigenvalue weighted by Crippen LogP contribution is 2.32. The van der Waals surface area contributed by atoms with Gasteiger partial charge in [0.05, 0.1) is 25.5 Å². The summed E-state index contributed by atoms with van der Waals surface area (Å²) in [4.78, 5) is 6.74. The summed E-state index contributed by atoms with van der Waals surface area (Å²) < 4.78 is 34.5. The Labute approximate surface area is 152 Å². The molecule has 1 saturated heterocycles. The van der Waals surface area contributed by atoms with E-state index in [9.17, 15) is 4.39 Å². The molecule has 0 spiro atoms. The molecule has 4 rings (SSSR count). The zero-order chi connectivity index (χ0) is 17.8. The number of hydrogen-bond donors (Lipinski definition) is 0. The summed E-state index contributed by atoms with van der Waals surface area (Å²) in [7, 11) is 0. The summed E-state index contributed by atoms with van der Waals surface area (Å²) in [6, 6.07) is 5.92. The third-order valence-corrected chi connectivity index (χ3v) is 4.65. The fourth-order valence-corrected chi connectivity index (χ4v) is 3.35. The van der Waals surface area contributed by atoms with Crippen LogP contribution in [0.2, 0.25) is 0 Å². The second-order valence-corrected chi connectivity index (χ2v) is 6.42. The van der Waals surface area contributed by atoms with Gasteiger partial charge in [-0.15, -0.1) is 0 Å². The third kappa shape index (κ3) is 3.83. The van der Waals surface area contributed by atoms with Gasteiger partial charge >= 0.3 is 0 Å². The van der Waals surface area contributed by atoms with E-state index >= 15 is 0 Å². The lowest BCUT2D eigenvalue weighted by Gasteiger charge is -2.34. The van der Waals surface area contributed by atoms with E-state index in [-0.39, 0.29) is 12.7 Å². The summed E-state index contributed by atoms with van der Waals surface area (Å²) in [6.07, 6.45) is 2.85. The molecule has 1 atom stereocenters. The monoisotopic (exact) mass is 362 g/mol. The molecule has 1 fully saturated rings. The molecular weight excluding hydrogens is 339 g/mol. The van der Waals surface area contributed by atoms with Gasteiger partial charge in [-0.1, -0.05) is 0 Å². The molecule has 0 radical (unpaired) electrons. The fourth-order valence-electron chi connectivity index (χ4n) is 3.35. The van der Waals surface area contributed by atoms with Crippen molar-refractivity contribution in [2.24, 2.45) is 4.99 Å². The lowest BCUT2D eigenvalue weighted by molar-refractivity contribution is -0.103. The summed E-state index contributed by atoms with van der Waals surface area (Å²) in [6.45, 7) is 3.32. The molecule has 3 aliphatic heterocycles. The van der Waals surface area contributed by atoms with Gasteiger partial charge in [0.2, 0.25) is 5.90 Å². The quantitative estimate of drug-likeness (QED) is 0.802. The van der Waals surface area contributed by atoms with Gasteiger partial charge in [-0.2, -0.15) is 0 Å². The lowest BCUT2D eigenvalue weighted by atomic mass is 9.95. The fraction of sp³-hybridized carbons (Fsp3) is 0.526. The SMILES string of the molecule is FCCOc1ccc2c(c1)CCN1CN=C(OC[C@@H]3COCCO3)C=C21. The molecule has 140 valence electrons. The summed E-state index contributed by atoms with van der Waals surface area (Å²) in [5.41, 5.74) is 3.46. The first kappa shape index (κ1) is 17.3. The maximum absolute atomic E-state index is 12.3. The van der Waals surface area contributed by atoms with E-state index < -0.39 is 6.67 Å². The molecule has 0 bridgehead atoms. The van der Waals surface area contributed by atoms with Gasteiger partial charge in [-0.05, 0) is 30.2 Å². The van der Waals surface area contributed by atoms with E-state index in [0.717, 1.165) is 24.2 Å². The summed E-state index contributed by atoms with van der Waals surface area (Å²) in [5.74, 6) is 1.34. The first-order valence-corrected chi connectivity index (χ1v) is 8.99. The average molecular weight is 362 g/mol. The Morgan fingerprint density at radius 1 is 1.27 bits per heavy atom. The topological polar surface area (TPSA) is 52.5 Å². The highest BCUT2D eigenvalue weighted by Gasteiger charge is 2.25. The number of alkyl halides is 1. The standard InChI is InChI=1S/C19H23FN2O4/c20-4-6-24-15-1-2-17-14(9-15)3-5-22-13-21-19(10-18(17)22)26-12-16-11-23-7-8-25-16/h1-2,9-10,16H,3-8,11-13H2/t16-/m0/s1. The van der Waals surface area contributed by atoms with Gasteiger partial charge in [0.1, 0.15) is 38.4 Å². The molecule has 0 amide bonds. The molecule has 0 unspecified atom stereocenters. The maximum Gasteiger partial charge on any atom is 0.212 e. The predicted molar refractivity (Wildman–Crippen MR) is 95.1 cm³/mol. The van der Waals surface area contributed by atoms with Gasteiger partial charge in [0, 0.05) is 18.2 Å². The number of aliphatic imine (C=N–C) groups is 1. The van der Waals surface area contributed by atoms with Crippen molar-refractivity contribution in [3.05, 3.63) is 35.4 Å². The molecule has 26 heavy (non-hydrogen) atoms. The minimum absolute atomic E-state index is 0.0447. The number of benzene rings is 1. The molecule has 1 aromatic rings. The van der Waals surface area contributed by atoms with E-state index in [1.807, 2.05) is 24.3 Å². The van der Waals surface area contributed by atoms with Crippen LogP contribution in [0, 0.1) is 0 Å². The van der Waals surface area contributed by atoms with Crippen LogP contribution in [0.4, 0.5) is 4.39 Å². The van der Waals surface area contributed by atoms with Crippen LogP contribution >= 0.6 is 0 Å². The Morgan fingerprint density at radius 3 is 3.08 bits per heavy atom. The number of fused-ring (bicyclic) bond motifs is 3. The van der Waals surface area contributed by atoms with Crippen LogP contribution < -0.4 is 4.74 Å². The smallest absolute Gasteiger partial charge is 0.212 e. The molecular formula is C19H23FN2O4. The molecule has 1 aromatic carbocycles. The first-order chi connectivity index (χ1) is 12.8. The Balaban J connectivity index is 1.46. The van der Waals surface area contributed by atoms with Crippen LogP contribution in [0.15, 0.2) is 29.3 Å². The summed E-state index contributed by atoms with van der Waals surface area (Å²) in [5, 5.41) is 0. The van der Waals surface area contributed by atoms with Crippen LogP contribution in [0.1, 0.15) is 11.1 Å². The molecule has 0 N–H and O–H groups in total. The minimum atomic E-state index is -0.483. The Bertz CT molecular complexity index is 701. The van der Waals surface area contributed by atoms with Crippen LogP contribution in [0.3, 0.4) is 0 Å². The van der Waals surface area contributed by atoms with Gasteiger partial charge in [0.15, 0.2) is 0 Å². The van der Waals surface area contributed by atoms with Crippen LogP contribution in [0.5, 0.6) is 5.75 Å².